The Morgan fingerprint density at radius 3 is 2.29 bits per heavy atom. The van der Waals surface area contributed by atoms with Crippen LogP contribution in [0.5, 0.6) is 0 Å². The highest BCUT2D eigenvalue weighted by Gasteiger charge is 2.40. The van der Waals surface area contributed by atoms with Crippen molar-refractivity contribution in [2.45, 2.75) is 51.4 Å². The van der Waals surface area contributed by atoms with Gasteiger partial charge < -0.3 is 9.84 Å². The van der Waals surface area contributed by atoms with Crippen molar-refractivity contribution >= 4 is 11.9 Å². The van der Waals surface area contributed by atoms with Gasteiger partial charge in [-0.25, -0.2) is 4.79 Å². The minimum absolute atomic E-state index is 0.0550. The molecule has 0 aromatic carbocycles. The van der Waals surface area contributed by atoms with Crippen LogP contribution in [0, 0.1) is 0 Å². The molecule has 0 aliphatic carbocycles. The van der Waals surface area contributed by atoms with Crippen molar-refractivity contribution in [3.8, 4) is 0 Å². The molecule has 4 nitrogen and oxygen atoms in total. The van der Waals surface area contributed by atoms with Crippen LogP contribution in [-0.4, -0.2) is 29.6 Å². The quantitative estimate of drug-likeness (QED) is 0.506. The third-order valence-corrected chi connectivity index (χ3v) is 2.21. The van der Waals surface area contributed by atoms with Crippen LogP contribution in [0.2, 0.25) is 0 Å². The van der Waals surface area contributed by atoms with Crippen LogP contribution in [0.25, 0.3) is 0 Å². The van der Waals surface area contributed by atoms with Gasteiger partial charge in [0.05, 0.1) is 0 Å². The number of ether oxygens (including phenoxy) is 1. The van der Waals surface area contributed by atoms with E-state index in [2.05, 4.69) is 11.7 Å². The molecule has 1 N–H and O–H groups in total. The molecule has 0 radical (unpaired) electrons. The van der Waals surface area contributed by atoms with Crippen molar-refractivity contribution in [2.24, 2.45) is 0 Å². The number of alkyl halides is 2. The zero-order valence-electron chi connectivity index (χ0n) is 9.88. The van der Waals surface area contributed by atoms with Gasteiger partial charge in [0.25, 0.3) is 0 Å². The van der Waals surface area contributed by atoms with Gasteiger partial charge in [0, 0.05) is 6.42 Å². The fraction of sp³-hybridized carbons (Fsp3) is 0.818. The number of aliphatic carboxylic acids is 1. The Morgan fingerprint density at radius 2 is 1.76 bits per heavy atom. The third-order valence-electron chi connectivity index (χ3n) is 2.21. The van der Waals surface area contributed by atoms with E-state index in [-0.39, 0.29) is 6.42 Å². The van der Waals surface area contributed by atoms with E-state index in [0.29, 0.717) is 6.42 Å². The van der Waals surface area contributed by atoms with Crippen molar-refractivity contribution in [1.82, 2.24) is 0 Å². The molecule has 0 aliphatic rings. The normalized spacial score (nSPS) is 11.2. The molecule has 0 fully saturated rings. The van der Waals surface area contributed by atoms with E-state index in [4.69, 9.17) is 5.11 Å². The predicted octanol–water partition coefficient (Wildman–Crippen LogP) is 2.61. The lowest BCUT2D eigenvalue weighted by Gasteiger charge is -2.11. The SMILES string of the molecule is CCCCCCCC(=O)OCC(F)(F)C(=O)O. The summed E-state index contributed by atoms with van der Waals surface area (Å²) in [6.45, 7) is 0.665. The molecule has 0 rings (SSSR count). The number of hydrogen-bond donors (Lipinski definition) is 1. The maximum absolute atomic E-state index is 12.5. The molecule has 0 amide bonds. The van der Waals surface area contributed by atoms with E-state index in [1.165, 1.54) is 0 Å². The molecular formula is C11H18F2O4. The van der Waals surface area contributed by atoms with Gasteiger partial charge in [0.15, 0.2) is 6.61 Å². The number of unbranched alkanes of at least 4 members (excludes halogenated alkanes) is 4. The number of carboxylic acids is 1. The van der Waals surface area contributed by atoms with Crippen LogP contribution in [0.4, 0.5) is 8.78 Å². The highest BCUT2D eigenvalue weighted by Crippen LogP contribution is 2.14. The van der Waals surface area contributed by atoms with Crippen LogP contribution in [-0.2, 0) is 14.3 Å². The second kappa shape index (κ2) is 7.97. The summed E-state index contributed by atoms with van der Waals surface area (Å²) in [6.07, 6.45) is 4.63. The molecule has 0 saturated carbocycles. The molecule has 0 unspecified atom stereocenters. The summed E-state index contributed by atoms with van der Waals surface area (Å²) in [5.41, 5.74) is 0. The summed E-state index contributed by atoms with van der Waals surface area (Å²) < 4.78 is 29.2. The highest BCUT2D eigenvalue weighted by atomic mass is 19.3. The van der Waals surface area contributed by atoms with Crippen LogP contribution < -0.4 is 0 Å². The zero-order valence-corrected chi connectivity index (χ0v) is 9.88. The standard InChI is InChI=1S/C11H18F2O4/c1-2-3-4-5-6-7-9(14)17-8-11(12,13)10(15)16/h2-8H2,1H3,(H,15,16). The number of carbonyl (C=O) groups excluding carboxylic acids is 1. The summed E-state index contributed by atoms with van der Waals surface area (Å²) in [6, 6.07) is 0. The molecule has 0 heterocycles. The fourth-order valence-electron chi connectivity index (χ4n) is 1.18. The first kappa shape index (κ1) is 15.8. The lowest BCUT2D eigenvalue weighted by Crippen LogP contribution is -2.34. The van der Waals surface area contributed by atoms with Crippen molar-refractivity contribution in [3.05, 3.63) is 0 Å². The number of esters is 1. The maximum Gasteiger partial charge on any atom is 0.378 e. The van der Waals surface area contributed by atoms with E-state index in [0.717, 1.165) is 25.7 Å². The largest absolute Gasteiger partial charge is 0.477 e. The van der Waals surface area contributed by atoms with Gasteiger partial charge in [-0.05, 0) is 6.42 Å². The van der Waals surface area contributed by atoms with Gasteiger partial charge in [-0.2, -0.15) is 8.78 Å². The second-order valence-electron chi connectivity index (χ2n) is 3.83. The summed E-state index contributed by atoms with van der Waals surface area (Å²) in [4.78, 5) is 21.0. The average Bonchev–Trinajstić information content (AvgIpc) is 2.26. The van der Waals surface area contributed by atoms with Gasteiger partial charge in [-0.1, -0.05) is 32.6 Å². The Hall–Kier alpha value is -1.20. The van der Waals surface area contributed by atoms with Crippen molar-refractivity contribution in [1.29, 1.82) is 0 Å². The molecule has 6 heteroatoms. The molecule has 17 heavy (non-hydrogen) atoms. The van der Waals surface area contributed by atoms with Crippen LogP contribution in [0.1, 0.15) is 45.4 Å². The number of carbonyl (C=O) groups is 2. The van der Waals surface area contributed by atoms with Gasteiger partial charge in [-0.15, -0.1) is 0 Å². The fourth-order valence-corrected chi connectivity index (χ4v) is 1.18. The predicted molar refractivity (Wildman–Crippen MR) is 56.9 cm³/mol. The zero-order chi connectivity index (χ0) is 13.3. The van der Waals surface area contributed by atoms with E-state index < -0.39 is 24.5 Å². The summed E-state index contributed by atoms with van der Waals surface area (Å²) in [5, 5.41) is 8.09. The first-order valence-electron chi connectivity index (χ1n) is 5.67. The van der Waals surface area contributed by atoms with Crippen molar-refractivity contribution < 1.29 is 28.2 Å². The minimum Gasteiger partial charge on any atom is -0.477 e. The molecule has 0 spiro atoms. The third kappa shape index (κ3) is 7.65. The van der Waals surface area contributed by atoms with Crippen molar-refractivity contribution in [2.75, 3.05) is 6.61 Å². The molecule has 0 bridgehead atoms. The van der Waals surface area contributed by atoms with Crippen LogP contribution in [0.3, 0.4) is 0 Å². The topological polar surface area (TPSA) is 63.6 Å². The van der Waals surface area contributed by atoms with Gasteiger partial charge in [-0.3, -0.25) is 4.79 Å². The molecule has 0 aromatic rings. The molecular weight excluding hydrogens is 234 g/mol. The van der Waals surface area contributed by atoms with E-state index in [1.54, 1.807) is 0 Å². The van der Waals surface area contributed by atoms with Gasteiger partial charge >= 0.3 is 17.9 Å². The van der Waals surface area contributed by atoms with E-state index >= 15 is 0 Å². The van der Waals surface area contributed by atoms with Crippen LogP contribution in [0.15, 0.2) is 0 Å². The smallest absolute Gasteiger partial charge is 0.378 e. The Bertz CT molecular complexity index is 254. The second-order valence-corrected chi connectivity index (χ2v) is 3.83. The summed E-state index contributed by atoms with van der Waals surface area (Å²) >= 11 is 0. The number of hydrogen-bond acceptors (Lipinski definition) is 3. The van der Waals surface area contributed by atoms with Gasteiger partial charge in [0.1, 0.15) is 0 Å². The minimum atomic E-state index is -4.00. The first-order valence-corrected chi connectivity index (χ1v) is 5.67. The van der Waals surface area contributed by atoms with Crippen LogP contribution >= 0.6 is 0 Å². The molecule has 0 atom stereocenters. The first-order chi connectivity index (χ1) is 7.90. The Kier molecular flexibility index (Phi) is 7.41. The average molecular weight is 252 g/mol. The van der Waals surface area contributed by atoms with E-state index in [1.807, 2.05) is 0 Å². The number of halogens is 2. The number of rotatable bonds is 9. The Morgan fingerprint density at radius 1 is 1.18 bits per heavy atom. The Labute approximate surface area is 99.0 Å². The van der Waals surface area contributed by atoms with E-state index in [9.17, 15) is 18.4 Å². The number of carboxylic acid groups (broad SMARTS) is 1. The molecule has 100 valence electrons. The molecule has 0 aromatic heterocycles. The lowest BCUT2D eigenvalue weighted by molar-refractivity contribution is -0.177. The molecule has 0 aliphatic heterocycles. The highest BCUT2D eigenvalue weighted by molar-refractivity contribution is 5.76. The maximum atomic E-state index is 12.5. The molecule has 0 saturated heterocycles. The summed E-state index contributed by atoms with van der Waals surface area (Å²) in [7, 11) is 0. The summed E-state index contributed by atoms with van der Waals surface area (Å²) in [5.74, 6) is -7.06. The monoisotopic (exact) mass is 252 g/mol. The lowest BCUT2D eigenvalue weighted by atomic mass is 10.1. The Balaban J connectivity index is 3.63. The van der Waals surface area contributed by atoms with Crippen molar-refractivity contribution in [3.63, 3.8) is 0 Å². The van der Waals surface area contributed by atoms with Gasteiger partial charge in [0.2, 0.25) is 0 Å².